The molecule has 7 heteroatoms. The maximum Gasteiger partial charge on any atom is 0.282 e. The number of nitrogens with two attached hydrogens (primary N) is 2. The van der Waals surface area contributed by atoms with Crippen LogP contribution >= 0.6 is 0 Å². The summed E-state index contributed by atoms with van der Waals surface area (Å²) in [5.41, 5.74) is 14.9. The van der Waals surface area contributed by atoms with E-state index < -0.39 is 0 Å². The Hall–Kier alpha value is -3.09. The second kappa shape index (κ2) is 13.1. The van der Waals surface area contributed by atoms with Gasteiger partial charge in [-0.25, -0.2) is 14.4 Å². The van der Waals surface area contributed by atoms with Gasteiger partial charge >= 0.3 is 0 Å². The van der Waals surface area contributed by atoms with Gasteiger partial charge in [-0.15, -0.1) is 0 Å². The third-order valence-corrected chi connectivity index (χ3v) is 6.69. The lowest BCUT2D eigenvalue weighted by Gasteiger charge is -2.16. The van der Waals surface area contributed by atoms with Crippen molar-refractivity contribution < 1.29 is 13.9 Å². The molecule has 0 aromatic heterocycles. The zero-order valence-electron chi connectivity index (χ0n) is 21.1. The molecule has 35 heavy (non-hydrogen) atoms. The van der Waals surface area contributed by atoms with Gasteiger partial charge in [-0.1, -0.05) is 55.8 Å². The van der Waals surface area contributed by atoms with Gasteiger partial charge in [0.15, 0.2) is 0 Å². The SMILES string of the molecule is CCC(CC[C@H]1COC(N)=N1)c1cccc(C)c1.C[C@@H](CC[C@H]1COC(N)=N1)c1ccc(F)cc1. The van der Waals surface area contributed by atoms with Gasteiger partial charge in [0, 0.05) is 0 Å². The van der Waals surface area contributed by atoms with Gasteiger partial charge in [-0.05, 0) is 74.1 Å². The van der Waals surface area contributed by atoms with Crippen LogP contribution in [-0.2, 0) is 9.47 Å². The Morgan fingerprint density at radius 1 is 0.914 bits per heavy atom. The van der Waals surface area contributed by atoms with E-state index in [1.807, 2.05) is 12.1 Å². The number of amidine groups is 2. The number of hydrogen-bond acceptors (Lipinski definition) is 6. The van der Waals surface area contributed by atoms with E-state index in [9.17, 15) is 4.39 Å². The lowest BCUT2D eigenvalue weighted by Crippen LogP contribution is -2.10. The van der Waals surface area contributed by atoms with E-state index in [0.29, 0.717) is 37.1 Å². The molecule has 2 aliphatic rings. The Balaban J connectivity index is 0.000000196. The minimum Gasteiger partial charge on any atom is -0.463 e. The predicted octanol–water partition coefficient (Wildman–Crippen LogP) is 5.41. The maximum absolute atomic E-state index is 12.8. The van der Waals surface area contributed by atoms with Gasteiger partial charge in [0.05, 0.1) is 12.1 Å². The summed E-state index contributed by atoms with van der Waals surface area (Å²) >= 11 is 0. The van der Waals surface area contributed by atoms with Crippen LogP contribution in [0.25, 0.3) is 0 Å². The van der Waals surface area contributed by atoms with Crippen molar-refractivity contribution in [3.05, 3.63) is 71.0 Å². The fraction of sp³-hybridized carbons (Fsp3) is 0.500. The van der Waals surface area contributed by atoms with Crippen molar-refractivity contribution in [3.63, 3.8) is 0 Å². The van der Waals surface area contributed by atoms with E-state index in [0.717, 1.165) is 37.7 Å². The molecule has 4 atom stereocenters. The van der Waals surface area contributed by atoms with Crippen LogP contribution in [0.15, 0.2) is 58.5 Å². The minimum atomic E-state index is -0.192. The molecule has 1 unspecified atom stereocenters. The first-order valence-corrected chi connectivity index (χ1v) is 12.6. The van der Waals surface area contributed by atoms with Crippen LogP contribution in [0.4, 0.5) is 4.39 Å². The molecule has 0 fully saturated rings. The molecule has 4 N–H and O–H groups in total. The molecule has 0 saturated heterocycles. The summed E-state index contributed by atoms with van der Waals surface area (Å²) in [6.07, 6.45) is 5.30. The molecule has 0 radical (unpaired) electrons. The fourth-order valence-electron chi connectivity index (χ4n) is 4.49. The van der Waals surface area contributed by atoms with Crippen LogP contribution in [0, 0.1) is 12.7 Å². The summed E-state index contributed by atoms with van der Waals surface area (Å²) in [5, 5.41) is 0. The van der Waals surface area contributed by atoms with Crippen molar-refractivity contribution in [2.75, 3.05) is 13.2 Å². The highest BCUT2D eigenvalue weighted by Gasteiger charge is 2.19. The van der Waals surface area contributed by atoms with Gasteiger partial charge in [0.2, 0.25) is 0 Å². The largest absolute Gasteiger partial charge is 0.463 e. The minimum absolute atomic E-state index is 0.179. The number of ether oxygens (including phenoxy) is 2. The van der Waals surface area contributed by atoms with E-state index in [4.69, 9.17) is 20.9 Å². The molecular formula is C28H39FN4O2. The van der Waals surface area contributed by atoms with Crippen LogP contribution < -0.4 is 11.5 Å². The summed E-state index contributed by atoms with van der Waals surface area (Å²) < 4.78 is 23.1. The summed E-state index contributed by atoms with van der Waals surface area (Å²) in [6.45, 7) is 7.76. The molecule has 2 aromatic carbocycles. The standard InChI is InChI=1S/C15H22N2O.C13H17FN2O/c1-3-12(13-6-4-5-11(2)9-13)7-8-14-10-18-15(16)17-14;1-9(10-3-5-11(14)6-4-10)2-7-12-8-17-13(15)16-12/h4-6,9,12,14H,3,7-8,10H2,1-2H3,(H2,16,17);3-6,9,12H,2,7-8H2,1H3,(H2,15,16)/t12?,14-;9-,12-/m00/s1. The molecule has 0 spiro atoms. The second-order valence-electron chi connectivity index (χ2n) is 9.49. The van der Waals surface area contributed by atoms with Gasteiger partial charge in [0.25, 0.3) is 12.0 Å². The molecule has 0 bridgehead atoms. The topological polar surface area (TPSA) is 95.2 Å². The van der Waals surface area contributed by atoms with Crippen LogP contribution in [0.5, 0.6) is 0 Å². The monoisotopic (exact) mass is 482 g/mol. The third-order valence-electron chi connectivity index (χ3n) is 6.69. The highest BCUT2D eigenvalue weighted by Crippen LogP contribution is 2.27. The van der Waals surface area contributed by atoms with Crippen molar-refractivity contribution in [1.29, 1.82) is 0 Å². The first-order valence-electron chi connectivity index (χ1n) is 12.6. The Morgan fingerprint density at radius 3 is 2.03 bits per heavy atom. The Bertz CT molecular complexity index is 993. The van der Waals surface area contributed by atoms with Crippen molar-refractivity contribution in [1.82, 2.24) is 0 Å². The van der Waals surface area contributed by atoms with Gasteiger partial charge < -0.3 is 20.9 Å². The summed E-state index contributed by atoms with van der Waals surface area (Å²) in [5.74, 6) is 0.817. The Kier molecular flexibility index (Phi) is 9.94. The first kappa shape index (κ1) is 26.5. The summed E-state index contributed by atoms with van der Waals surface area (Å²) in [4.78, 5) is 8.46. The number of nitrogens with zero attached hydrogens (tertiary/aromatic N) is 2. The van der Waals surface area contributed by atoms with E-state index in [-0.39, 0.29) is 17.9 Å². The van der Waals surface area contributed by atoms with E-state index in [1.54, 1.807) is 0 Å². The molecule has 2 aliphatic heterocycles. The van der Waals surface area contributed by atoms with Gasteiger partial charge in [-0.2, -0.15) is 0 Å². The number of aryl methyl sites for hydroxylation is 1. The van der Waals surface area contributed by atoms with Crippen molar-refractivity contribution in [2.45, 2.75) is 76.8 Å². The highest BCUT2D eigenvalue weighted by molar-refractivity contribution is 5.73. The van der Waals surface area contributed by atoms with Gasteiger partial charge in [0.1, 0.15) is 19.0 Å². The third kappa shape index (κ3) is 8.57. The van der Waals surface area contributed by atoms with E-state index in [2.05, 4.69) is 55.0 Å². The Morgan fingerprint density at radius 2 is 1.51 bits per heavy atom. The highest BCUT2D eigenvalue weighted by atomic mass is 19.1. The zero-order chi connectivity index (χ0) is 25.2. The number of halogens is 1. The predicted molar refractivity (Wildman–Crippen MR) is 140 cm³/mol. The average molecular weight is 483 g/mol. The molecule has 0 aliphatic carbocycles. The van der Waals surface area contributed by atoms with Crippen LogP contribution in [0.2, 0.25) is 0 Å². The molecule has 2 heterocycles. The van der Waals surface area contributed by atoms with E-state index >= 15 is 0 Å². The quantitative estimate of drug-likeness (QED) is 0.500. The molecule has 2 aromatic rings. The smallest absolute Gasteiger partial charge is 0.282 e. The number of aliphatic imine (C=N–C) groups is 2. The number of hydrogen-bond donors (Lipinski definition) is 2. The zero-order valence-corrected chi connectivity index (χ0v) is 21.1. The number of rotatable bonds is 9. The van der Waals surface area contributed by atoms with Crippen LogP contribution in [0.1, 0.15) is 74.5 Å². The molecule has 0 saturated carbocycles. The molecule has 6 nitrogen and oxygen atoms in total. The summed E-state index contributed by atoms with van der Waals surface area (Å²) in [7, 11) is 0. The fourth-order valence-corrected chi connectivity index (χ4v) is 4.49. The molecule has 4 rings (SSSR count). The van der Waals surface area contributed by atoms with Crippen LogP contribution in [-0.4, -0.2) is 37.3 Å². The molecular weight excluding hydrogens is 443 g/mol. The van der Waals surface area contributed by atoms with Crippen molar-refractivity contribution >= 4 is 12.0 Å². The van der Waals surface area contributed by atoms with Crippen molar-refractivity contribution in [2.24, 2.45) is 21.5 Å². The number of benzene rings is 2. The van der Waals surface area contributed by atoms with E-state index in [1.165, 1.54) is 23.3 Å². The molecule has 0 amide bonds. The van der Waals surface area contributed by atoms with Crippen molar-refractivity contribution in [3.8, 4) is 0 Å². The normalized spacial score (nSPS) is 20.6. The Labute approximate surface area is 208 Å². The summed E-state index contributed by atoms with van der Waals surface area (Å²) in [6, 6.07) is 16.6. The van der Waals surface area contributed by atoms with Gasteiger partial charge in [-0.3, -0.25) is 0 Å². The maximum atomic E-state index is 12.8. The first-order chi connectivity index (χ1) is 16.8. The lowest BCUT2D eigenvalue weighted by atomic mass is 9.90. The molecule has 190 valence electrons. The average Bonchev–Trinajstić information content (AvgIpc) is 3.46. The second-order valence-corrected chi connectivity index (χ2v) is 9.49. The van der Waals surface area contributed by atoms with Crippen LogP contribution in [0.3, 0.4) is 0 Å². The lowest BCUT2D eigenvalue weighted by molar-refractivity contribution is 0.303.